The number of carbonyl (C=O) groups is 3. The number of ether oxygens (including phenoxy) is 1. The number of carbonyl (C=O) groups excluding carboxylic acids is 2. The van der Waals surface area contributed by atoms with Crippen molar-refractivity contribution in [3.63, 3.8) is 0 Å². The second-order valence-corrected chi connectivity index (χ2v) is 8.79. The maximum atomic E-state index is 12.3. The topological polar surface area (TPSA) is 105 Å². The molecule has 1 fully saturated rings. The molecule has 3 N–H and O–H groups in total. The Morgan fingerprint density at radius 3 is 2.22 bits per heavy atom. The van der Waals surface area contributed by atoms with Crippen LogP contribution in [-0.2, 0) is 14.3 Å². The number of nitrogens with one attached hydrogen (secondary N) is 2. The van der Waals surface area contributed by atoms with Crippen molar-refractivity contribution < 1.29 is 24.2 Å². The summed E-state index contributed by atoms with van der Waals surface area (Å²) >= 11 is 0. The predicted octanol–water partition coefficient (Wildman–Crippen LogP) is 3.67. The highest BCUT2D eigenvalue weighted by Crippen LogP contribution is 2.44. The first-order chi connectivity index (χ1) is 15.4. The molecule has 0 radical (unpaired) electrons. The van der Waals surface area contributed by atoms with Gasteiger partial charge in [0, 0.05) is 18.9 Å². The molecule has 2 aromatic rings. The molecule has 0 bridgehead atoms. The van der Waals surface area contributed by atoms with Crippen molar-refractivity contribution in [3.05, 3.63) is 59.7 Å². The van der Waals surface area contributed by atoms with Crippen molar-refractivity contribution in [3.8, 4) is 11.1 Å². The molecule has 2 amide bonds. The van der Waals surface area contributed by atoms with E-state index in [0.29, 0.717) is 25.8 Å². The van der Waals surface area contributed by atoms with E-state index >= 15 is 0 Å². The summed E-state index contributed by atoms with van der Waals surface area (Å²) in [5.41, 5.74) is 3.63. The van der Waals surface area contributed by atoms with Crippen LogP contribution >= 0.6 is 0 Å². The van der Waals surface area contributed by atoms with Gasteiger partial charge in [-0.15, -0.1) is 0 Å². The lowest BCUT2D eigenvalue weighted by molar-refractivity contribution is -0.143. The molecule has 0 aliphatic heterocycles. The summed E-state index contributed by atoms with van der Waals surface area (Å²) in [4.78, 5) is 35.4. The number of carboxylic acid groups (broad SMARTS) is 1. The number of hydrogen-bond acceptors (Lipinski definition) is 4. The lowest BCUT2D eigenvalue weighted by Gasteiger charge is -2.17. The number of benzene rings is 2. The minimum atomic E-state index is -1.06. The molecule has 1 unspecified atom stereocenters. The summed E-state index contributed by atoms with van der Waals surface area (Å²) < 4.78 is 5.52. The van der Waals surface area contributed by atoms with E-state index < -0.39 is 17.6 Å². The van der Waals surface area contributed by atoms with Gasteiger partial charge < -0.3 is 20.5 Å². The number of hydrogen-bond donors (Lipinski definition) is 3. The van der Waals surface area contributed by atoms with Crippen molar-refractivity contribution in [2.24, 2.45) is 5.92 Å². The van der Waals surface area contributed by atoms with Crippen molar-refractivity contribution in [1.82, 2.24) is 10.6 Å². The summed E-state index contributed by atoms with van der Waals surface area (Å²) in [6.45, 7) is 2.57. The third-order valence-electron chi connectivity index (χ3n) is 6.34. The van der Waals surface area contributed by atoms with E-state index in [4.69, 9.17) is 9.84 Å². The predicted molar refractivity (Wildman–Crippen MR) is 119 cm³/mol. The summed E-state index contributed by atoms with van der Waals surface area (Å²) in [6.07, 6.45) is 1.25. The van der Waals surface area contributed by atoms with Gasteiger partial charge in [0.15, 0.2) is 0 Å². The summed E-state index contributed by atoms with van der Waals surface area (Å²) in [5.74, 6) is -1.17. The van der Waals surface area contributed by atoms with Gasteiger partial charge in [-0.1, -0.05) is 55.5 Å². The molecule has 0 aromatic heterocycles. The number of alkyl carbamates (subject to hydrolysis) is 1. The van der Waals surface area contributed by atoms with Crippen molar-refractivity contribution in [2.45, 2.75) is 44.1 Å². The monoisotopic (exact) mass is 436 g/mol. The smallest absolute Gasteiger partial charge is 0.407 e. The zero-order valence-electron chi connectivity index (χ0n) is 18.1. The van der Waals surface area contributed by atoms with Crippen molar-refractivity contribution in [2.75, 3.05) is 13.2 Å². The zero-order chi connectivity index (χ0) is 22.7. The van der Waals surface area contributed by atoms with E-state index in [0.717, 1.165) is 11.1 Å². The Morgan fingerprint density at radius 2 is 1.66 bits per heavy atom. The molecule has 32 heavy (non-hydrogen) atoms. The van der Waals surface area contributed by atoms with Gasteiger partial charge in [0.25, 0.3) is 0 Å². The van der Waals surface area contributed by atoms with Gasteiger partial charge in [-0.3, -0.25) is 4.79 Å². The van der Waals surface area contributed by atoms with Crippen molar-refractivity contribution in [1.29, 1.82) is 0 Å². The van der Waals surface area contributed by atoms with E-state index in [1.165, 1.54) is 11.1 Å². The highest BCUT2D eigenvalue weighted by atomic mass is 16.5. The normalized spacial score (nSPS) is 16.4. The molecule has 1 atom stereocenters. The Morgan fingerprint density at radius 1 is 1.06 bits per heavy atom. The largest absolute Gasteiger partial charge is 0.480 e. The zero-order valence-corrected chi connectivity index (χ0v) is 18.1. The number of rotatable bonds is 9. The fourth-order valence-corrected chi connectivity index (χ4v) is 4.23. The van der Waals surface area contributed by atoms with E-state index in [9.17, 15) is 14.4 Å². The number of fused-ring (bicyclic) bond motifs is 3. The van der Waals surface area contributed by atoms with Crippen LogP contribution in [0.2, 0.25) is 0 Å². The first-order valence-corrected chi connectivity index (χ1v) is 11.0. The van der Waals surface area contributed by atoms with Gasteiger partial charge in [0.2, 0.25) is 5.91 Å². The SMILES string of the molecule is CC(CCC(=O)NC1(C(=O)O)CC1)CNC(=O)OCC1c2ccccc2-c2ccccc21. The standard InChI is InChI=1S/C25H28N2O5/c1-16(10-11-22(28)27-25(12-13-25)23(29)30)14-26-24(31)32-15-21-19-8-4-2-6-17(19)18-7-3-5-9-20(18)21/h2-9,16,21H,10-15H2,1H3,(H,26,31)(H,27,28)(H,29,30). The molecule has 2 aliphatic carbocycles. The molecule has 168 valence electrons. The summed E-state index contributed by atoms with van der Waals surface area (Å²) in [5, 5.41) is 14.5. The van der Waals surface area contributed by atoms with Crippen LogP contribution in [0.3, 0.4) is 0 Å². The Kier molecular flexibility index (Phi) is 6.17. The second kappa shape index (κ2) is 9.02. The highest BCUT2D eigenvalue weighted by molar-refractivity contribution is 5.89. The molecule has 0 heterocycles. The first kappa shape index (κ1) is 21.9. The van der Waals surface area contributed by atoms with Gasteiger partial charge in [-0.25, -0.2) is 9.59 Å². The van der Waals surface area contributed by atoms with Crippen LogP contribution < -0.4 is 10.6 Å². The van der Waals surface area contributed by atoms with Crippen LogP contribution in [0.4, 0.5) is 4.79 Å². The van der Waals surface area contributed by atoms with Crippen LogP contribution in [0.5, 0.6) is 0 Å². The maximum Gasteiger partial charge on any atom is 0.407 e. The van der Waals surface area contributed by atoms with Crippen molar-refractivity contribution >= 4 is 18.0 Å². The van der Waals surface area contributed by atoms with E-state index in [1.54, 1.807) is 0 Å². The van der Waals surface area contributed by atoms with Crippen LogP contribution in [0.15, 0.2) is 48.5 Å². The average molecular weight is 437 g/mol. The molecule has 2 aromatic carbocycles. The quantitative estimate of drug-likeness (QED) is 0.556. The summed E-state index contributed by atoms with van der Waals surface area (Å²) in [6, 6.07) is 16.4. The minimum Gasteiger partial charge on any atom is -0.480 e. The lowest BCUT2D eigenvalue weighted by Crippen LogP contribution is -2.43. The molecule has 0 spiro atoms. The maximum absolute atomic E-state index is 12.3. The Balaban J connectivity index is 1.21. The first-order valence-electron chi connectivity index (χ1n) is 11.0. The molecule has 0 saturated heterocycles. The Labute approximate surface area is 187 Å². The molecular formula is C25H28N2O5. The Hall–Kier alpha value is -3.35. The second-order valence-electron chi connectivity index (χ2n) is 8.79. The minimum absolute atomic E-state index is 0.0123. The molecule has 4 rings (SSSR count). The van der Waals surface area contributed by atoms with Gasteiger partial charge in [-0.2, -0.15) is 0 Å². The lowest BCUT2D eigenvalue weighted by atomic mass is 9.98. The van der Waals surface area contributed by atoms with Gasteiger partial charge in [-0.05, 0) is 47.4 Å². The molecule has 1 saturated carbocycles. The number of carboxylic acids is 1. The number of aliphatic carboxylic acids is 1. The van der Waals surface area contributed by atoms with Crippen LogP contribution in [0.25, 0.3) is 11.1 Å². The highest BCUT2D eigenvalue weighted by Gasteiger charge is 2.51. The number of amides is 2. The fourth-order valence-electron chi connectivity index (χ4n) is 4.23. The molecule has 7 nitrogen and oxygen atoms in total. The van der Waals surface area contributed by atoms with E-state index in [-0.39, 0.29) is 30.8 Å². The van der Waals surface area contributed by atoms with E-state index in [2.05, 4.69) is 34.9 Å². The summed E-state index contributed by atoms with van der Waals surface area (Å²) in [7, 11) is 0. The van der Waals surface area contributed by atoms with Crippen LogP contribution in [0, 0.1) is 5.92 Å². The van der Waals surface area contributed by atoms with Crippen LogP contribution in [-0.4, -0.2) is 41.8 Å². The molecule has 7 heteroatoms. The average Bonchev–Trinajstić information content (AvgIpc) is 3.51. The fraction of sp³-hybridized carbons (Fsp3) is 0.400. The van der Waals surface area contributed by atoms with E-state index in [1.807, 2.05) is 31.2 Å². The molecular weight excluding hydrogens is 408 g/mol. The van der Waals surface area contributed by atoms with Gasteiger partial charge in [0.05, 0.1) is 0 Å². The third-order valence-corrected chi connectivity index (χ3v) is 6.34. The Bertz CT molecular complexity index is 985. The van der Waals surface area contributed by atoms with Crippen LogP contribution in [0.1, 0.15) is 49.7 Å². The van der Waals surface area contributed by atoms with Gasteiger partial charge >= 0.3 is 12.1 Å². The third kappa shape index (κ3) is 4.61. The molecule has 2 aliphatic rings. The van der Waals surface area contributed by atoms with Gasteiger partial charge in [0.1, 0.15) is 12.1 Å².